The number of halogens is 4. The molecule has 1 atom stereocenters. The number of nitrogens with one attached hydrogen (secondary N) is 1. The molecule has 6 heteroatoms. The van der Waals surface area contributed by atoms with Gasteiger partial charge in [-0.1, -0.05) is 20.8 Å². The van der Waals surface area contributed by atoms with Gasteiger partial charge in [0.15, 0.2) is 17.5 Å². The van der Waals surface area contributed by atoms with E-state index in [1.807, 2.05) is 20.8 Å². The highest BCUT2D eigenvalue weighted by molar-refractivity contribution is 6.17. The van der Waals surface area contributed by atoms with Gasteiger partial charge in [0, 0.05) is 11.9 Å². The summed E-state index contributed by atoms with van der Waals surface area (Å²) in [6, 6.07) is 1.34. The third kappa shape index (κ3) is 3.88. The number of rotatable bonds is 4. The second-order valence-corrected chi connectivity index (χ2v) is 5.97. The zero-order chi connectivity index (χ0) is 15.5. The van der Waals surface area contributed by atoms with E-state index in [9.17, 15) is 18.0 Å². The van der Waals surface area contributed by atoms with Crippen molar-refractivity contribution in [1.82, 2.24) is 5.32 Å². The van der Waals surface area contributed by atoms with Crippen LogP contribution in [0.2, 0.25) is 0 Å². The van der Waals surface area contributed by atoms with Gasteiger partial charge in [0.05, 0.1) is 5.56 Å². The number of carbonyl (C=O) groups excluding carboxylic acids is 1. The first-order valence-corrected chi connectivity index (χ1v) is 6.72. The molecule has 1 rings (SSSR count). The monoisotopic (exact) mass is 307 g/mol. The number of alkyl halides is 1. The fourth-order valence-corrected chi connectivity index (χ4v) is 1.99. The van der Waals surface area contributed by atoms with Crippen LogP contribution in [0.25, 0.3) is 0 Å². The van der Waals surface area contributed by atoms with Crippen LogP contribution < -0.4 is 5.32 Å². The third-order valence-corrected chi connectivity index (χ3v) is 3.25. The standard InChI is InChI=1S/C14H17ClF3NO/c1-14(2,3)10(6-7-15)19-13(20)8-4-5-9(16)12(18)11(8)17/h4-5,10H,6-7H2,1-3H3,(H,19,20). The minimum Gasteiger partial charge on any atom is -0.349 e. The van der Waals surface area contributed by atoms with Crippen molar-refractivity contribution >= 4 is 17.5 Å². The van der Waals surface area contributed by atoms with E-state index in [0.29, 0.717) is 12.3 Å². The summed E-state index contributed by atoms with van der Waals surface area (Å²) in [6.07, 6.45) is 0.488. The Labute approximate surface area is 121 Å². The highest BCUT2D eigenvalue weighted by Crippen LogP contribution is 2.23. The number of carbonyl (C=O) groups is 1. The smallest absolute Gasteiger partial charge is 0.254 e. The van der Waals surface area contributed by atoms with Crippen LogP contribution >= 0.6 is 11.6 Å². The predicted molar refractivity (Wildman–Crippen MR) is 72.4 cm³/mol. The summed E-state index contributed by atoms with van der Waals surface area (Å²) in [4.78, 5) is 12.0. The maximum Gasteiger partial charge on any atom is 0.254 e. The van der Waals surface area contributed by atoms with E-state index in [2.05, 4.69) is 5.32 Å². The van der Waals surface area contributed by atoms with Crippen LogP contribution in [-0.2, 0) is 0 Å². The molecule has 0 spiro atoms. The van der Waals surface area contributed by atoms with Gasteiger partial charge >= 0.3 is 0 Å². The van der Waals surface area contributed by atoms with Gasteiger partial charge in [0.25, 0.3) is 5.91 Å². The zero-order valence-electron chi connectivity index (χ0n) is 11.6. The first-order chi connectivity index (χ1) is 9.18. The Morgan fingerprint density at radius 2 is 1.85 bits per heavy atom. The summed E-state index contributed by atoms with van der Waals surface area (Å²) in [5, 5.41) is 2.61. The average Bonchev–Trinajstić information content (AvgIpc) is 2.34. The normalized spacial score (nSPS) is 13.2. The van der Waals surface area contributed by atoms with Crippen LogP contribution in [0.3, 0.4) is 0 Å². The first-order valence-electron chi connectivity index (χ1n) is 6.18. The van der Waals surface area contributed by atoms with Crippen LogP contribution in [0, 0.1) is 22.9 Å². The maximum absolute atomic E-state index is 13.5. The summed E-state index contributed by atoms with van der Waals surface area (Å²) in [5.41, 5.74) is -0.813. The van der Waals surface area contributed by atoms with Gasteiger partial charge in [-0.2, -0.15) is 0 Å². The second kappa shape index (κ2) is 6.48. The first kappa shape index (κ1) is 16.8. The Morgan fingerprint density at radius 3 is 2.35 bits per heavy atom. The van der Waals surface area contributed by atoms with E-state index < -0.39 is 28.9 Å². The molecule has 0 aromatic heterocycles. The van der Waals surface area contributed by atoms with Gasteiger partial charge < -0.3 is 5.32 Å². The van der Waals surface area contributed by atoms with Crippen LogP contribution in [0.5, 0.6) is 0 Å². The third-order valence-electron chi connectivity index (χ3n) is 3.03. The molecule has 0 aliphatic rings. The van der Waals surface area contributed by atoms with Gasteiger partial charge in [0.1, 0.15) is 0 Å². The van der Waals surface area contributed by atoms with E-state index in [1.54, 1.807) is 0 Å². The molecule has 1 amide bonds. The molecule has 1 aromatic carbocycles. The highest BCUT2D eigenvalue weighted by Gasteiger charge is 2.27. The van der Waals surface area contributed by atoms with Crippen molar-refractivity contribution in [3.8, 4) is 0 Å². The molecule has 1 unspecified atom stereocenters. The fraction of sp³-hybridized carbons (Fsp3) is 0.500. The molecule has 1 N–H and O–H groups in total. The van der Waals surface area contributed by atoms with E-state index >= 15 is 0 Å². The molecule has 1 aromatic rings. The van der Waals surface area contributed by atoms with Crippen LogP contribution in [0.1, 0.15) is 37.6 Å². The van der Waals surface area contributed by atoms with E-state index in [-0.39, 0.29) is 11.5 Å². The lowest BCUT2D eigenvalue weighted by Gasteiger charge is -2.31. The zero-order valence-corrected chi connectivity index (χ0v) is 12.3. The van der Waals surface area contributed by atoms with Crippen molar-refractivity contribution in [2.45, 2.75) is 33.2 Å². The molecular weight excluding hydrogens is 291 g/mol. The van der Waals surface area contributed by atoms with Gasteiger partial charge in [-0.25, -0.2) is 13.2 Å². The minimum atomic E-state index is -1.65. The second-order valence-electron chi connectivity index (χ2n) is 5.59. The van der Waals surface area contributed by atoms with Gasteiger partial charge in [-0.05, 0) is 24.0 Å². The van der Waals surface area contributed by atoms with Gasteiger partial charge in [-0.15, -0.1) is 11.6 Å². The van der Waals surface area contributed by atoms with Crippen LogP contribution in [0.4, 0.5) is 13.2 Å². The molecule has 0 saturated carbocycles. The number of hydrogen-bond donors (Lipinski definition) is 1. The molecular formula is C14H17ClF3NO. The molecule has 112 valence electrons. The topological polar surface area (TPSA) is 29.1 Å². The Kier molecular flexibility index (Phi) is 5.45. The number of benzene rings is 1. The molecule has 0 radical (unpaired) electrons. The largest absolute Gasteiger partial charge is 0.349 e. The lowest BCUT2D eigenvalue weighted by Crippen LogP contribution is -2.44. The lowest BCUT2D eigenvalue weighted by atomic mass is 9.85. The SMILES string of the molecule is CC(C)(C)C(CCCl)NC(=O)c1ccc(F)c(F)c1F. The van der Waals surface area contributed by atoms with Crippen molar-refractivity contribution in [3.63, 3.8) is 0 Å². The van der Waals surface area contributed by atoms with Crippen molar-refractivity contribution < 1.29 is 18.0 Å². The summed E-state index contributed by atoms with van der Waals surface area (Å²) < 4.78 is 39.5. The number of hydrogen-bond acceptors (Lipinski definition) is 1. The Morgan fingerprint density at radius 1 is 1.25 bits per heavy atom. The van der Waals surface area contributed by atoms with Crippen LogP contribution in [0.15, 0.2) is 12.1 Å². The van der Waals surface area contributed by atoms with Gasteiger partial charge in [0.2, 0.25) is 0 Å². The van der Waals surface area contributed by atoms with Crippen molar-refractivity contribution in [2.24, 2.45) is 5.41 Å². The Bertz CT molecular complexity index is 500. The number of amides is 1. The summed E-state index contributed by atoms with van der Waals surface area (Å²) in [5.74, 6) is -4.93. The molecule has 0 saturated heterocycles. The molecule has 20 heavy (non-hydrogen) atoms. The predicted octanol–water partition coefficient (Wildman–Crippen LogP) is 3.88. The molecule has 0 fully saturated rings. The van der Waals surface area contributed by atoms with Crippen molar-refractivity contribution in [2.75, 3.05) is 5.88 Å². The Balaban J connectivity index is 2.98. The van der Waals surface area contributed by atoms with E-state index in [0.717, 1.165) is 12.1 Å². The molecule has 0 aliphatic heterocycles. The highest BCUT2D eigenvalue weighted by atomic mass is 35.5. The van der Waals surface area contributed by atoms with Crippen molar-refractivity contribution in [1.29, 1.82) is 0 Å². The fourth-order valence-electron chi connectivity index (χ4n) is 1.77. The summed E-state index contributed by atoms with van der Waals surface area (Å²) in [7, 11) is 0. The van der Waals surface area contributed by atoms with Crippen LogP contribution in [-0.4, -0.2) is 17.8 Å². The molecule has 0 bridgehead atoms. The molecule has 2 nitrogen and oxygen atoms in total. The molecule has 0 aliphatic carbocycles. The summed E-state index contributed by atoms with van der Waals surface area (Å²) in [6.45, 7) is 5.68. The lowest BCUT2D eigenvalue weighted by molar-refractivity contribution is 0.0895. The van der Waals surface area contributed by atoms with Gasteiger partial charge in [-0.3, -0.25) is 4.79 Å². The maximum atomic E-state index is 13.5. The van der Waals surface area contributed by atoms with E-state index in [1.165, 1.54) is 0 Å². The van der Waals surface area contributed by atoms with E-state index in [4.69, 9.17) is 11.6 Å². The summed E-state index contributed by atoms with van der Waals surface area (Å²) >= 11 is 5.67. The average molecular weight is 308 g/mol. The Hall–Kier alpha value is -1.23. The quantitative estimate of drug-likeness (QED) is 0.664. The minimum absolute atomic E-state index is 0.292. The molecule has 0 heterocycles. The van der Waals surface area contributed by atoms with Crippen molar-refractivity contribution in [3.05, 3.63) is 35.1 Å².